The SMILES string of the molecule is CC(C)c1ccc(NC(=O)Oc2ccc3c(c2)[C@]2(C)CCN(C)O[C@@H]2N3C)cc1. The molecule has 0 aliphatic carbocycles. The molecule has 0 radical (unpaired) electrons. The number of nitrogens with zero attached hydrogens (tertiary/aromatic N) is 2. The van der Waals surface area contributed by atoms with E-state index in [1.807, 2.05) is 61.6 Å². The van der Waals surface area contributed by atoms with Crippen LogP contribution in [0.1, 0.15) is 44.2 Å². The van der Waals surface area contributed by atoms with Crippen LogP contribution in [0.4, 0.5) is 16.2 Å². The Kier molecular flexibility index (Phi) is 5.00. The topological polar surface area (TPSA) is 54.0 Å². The van der Waals surface area contributed by atoms with Gasteiger partial charge >= 0.3 is 6.09 Å². The molecule has 6 heteroatoms. The maximum Gasteiger partial charge on any atom is 0.417 e. The van der Waals surface area contributed by atoms with Crippen LogP contribution in [0.15, 0.2) is 42.5 Å². The predicted molar refractivity (Wildman–Crippen MR) is 114 cm³/mol. The van der Waals surface area contributed by atoms with Gasteiger partial charge in [0.1, 0.15) is 5.75 Å². The molecule has 2 atom stereocenters. The Morgan fingerprint density at radius 3 is 2.62 bits per heavy atom. The minimum absolute atomic E-state index is 0.0557. The monoisotopic (exact) mass is 395 g/mol. The van der Waals surface area contributed by atoms with Crippen molar-refractivity contribution in [3.8, 4) is 5.75 Å². The second-order valence-electron chi connectivity index (χ2n) is 8.56. The zero-order valence-electron chi connectivity index (χ0n) is 17.7. The van der Waals surface area contributed by atoms with Gasteiger partial charge in [0, 0.05) is 37.4 Å². The van der Waals surface area contributed by atoms with E-state index in [2.05, 4.69) is 31.0 Å². The van der Waals surface area contributed by atoms with Gasteiger partial charge in [0.15, 0.2) is 6.23 Å². The van der Waals surface area contributed by atoms with E-state index in [4.69, 9.17) is 9.57 Å². The summed E-state index contributed by atoms with van der Waals surface area (Å²) < 4.78 is 5.58. The Labute approximate surface area is 172 Å². The largest absolute Gasteiger partial charge is 0.417 e. The highest BCUT2D eigenvalue weighted by molar-refractivity contribution is 5.86. The number of nitrogens with one attached hydrogen (secondary N) is 1. The Morgan fingerprint density at radius 2 is 1.93 bits per heavy atom. The Morgan fingerprint density at radius 1 is 1.21 bits per heavy atom. The number of amides is 1. The molecule has 154 valence electrons. The standard InChI is InChI=1S/C23H29N3O3/c1-15(2)16-6-8-17(9-7-16)24-22(27)28-18-10-11-20-19(14-18)23(3)12-13-25(4)29-21(23)26(20)5/h6-11,14-15,21H,12-13H2,1-5H3,(H,24,27)/t21-,23-/m0/s1. The summed E-state index contributed by atoms with van der Waals surface area (Å²) in [5, 5.41) is 4.69. The molecule has 0 aromatic heterocycles. The molecule has 1 N–H and O–H groups in total. The lowest BCUT2D eigenvalue weighted by Crippen LogP contribution is -2.52. The zero-order chi connectivity index (χ0) is 20.8. The van der Waals surface area contributed by atoms with Crippen LogP contribution in [0.5, 0.6) is 5.75 Å². The number of benzene rings is 2. The van der Waals surface area contributed by atoms with E-state index in [0.717, 1.165) is 29.9 Å². The predicted octanol–water partition coefficient (Wildman–Crippen LogP) is 4.72. The van der Waals surface area contributed by atoms with Gasteiger partial charge in [-0.2, -0.15) is 5.06 Å². The Bertz CT molecular complexity index is 912. The van der Waals surface area contributed by atoms with Crippen LogP contribution in [0, 0.1) is 0 Å². The lowest BCUT2D eigenvalue weighted by Gasteiger charge is -2.42. The molecule has 0 bridgehead atoms. The van der Waals surface area contributed by atoms with E-state index in [1.54, 1.807) is 0 Å². The van der Waals surface area contributed by atoms with Crippen LogP contribution >= 0.6 is 0 Å². The number of likely N-dealkylation sites (N-methyl/N-ethyl adjacent to an activating group) is 1. The van der Waals surface area contributed by atoms with Crippen LogP contribution in [-0.4, -0.2) is 38.0 Å². The number of hydrogen-bond donors (Lipinski definition) is 1. The van der Waals surface area contributed by atoms with Gasteiger partial charge in [0.25, 0.3) is 0 Å². The normalized spacial score (nSPS) is 23.7. The fourth-order valence-electron chi connectivity index (χ4n) is 4.29. The number of carbonyl (C=O) groups excluding carboxylic acids is 1. The molecule has 2 aromatic rings. The van der Waals surface area contributed by atoms with E-state index in [-0.39, 0.29) is 11.6 Å². The maximum absolute atomic E-state index is 12.4. The van der Waals surface area contributed by atoms with Gasteiger partial charge < -0.3 is 9.64 Å². The van der Waals surface area contributed by atoms with Crippen molar-refractivity contribution in [3.63, 3.8) is 0 Å². The summed E-state index contributed by atoms with van der Waals surface area (Å²) in [5.41, 5.74) is 4.08. The van der Waals surface area contributed by atoms with Crippen molar-refractivity contribution in [2.75, 3.05) is 30.9 Å². The minimum Gasteiger partial charge on any atom is -0.410 e. The first-order valence-corrected chi connectivity index (χ1v) is 10.1. The number of carbonyl (C=O) groups is 1. The first-order chi connectivity index (χ1) is 13.8. The van der Waals surface area contributed by atoms with Gasteiger partial charge in [-0.15, -0.1) is 0 Å². The summed E-state index contributed by atoms with van der Waals surface area (Å²) in [5.74, 6) is 0.989. The average molecular weight is 396 g/mol. The van der Waals surface area contributed by atoms with Crippen molar-refractivity contribution < 1.29 is 14.4 Å². The molecule has 1 fully saturated rings. The summed E-state index contributed by atoms with van der Waals surface area (Å²) in [6, 6.07) is 13.6. The molecule has 0 saturated carbocycles. The van der Waals surface area contributed by atoms with Crippen LogP contribution in [0.25, 0.3) is 0 Å². The number of hydroxylamine groups is 2. The first-order valence-electron chi connectivity index (χ1n) is 10.1. The zero-order valence-corrected chi connectivity index (χ0v) is 17.7. The quantitative estimate of drug-likeness (QED) is 0.815. The van der Waals surface area contributed by atoms with Gasteiger partial charge in [0.05, 0.1) is 0 Å². The summed E-state index contributed by atoms with van der Waals surface area (Å²) >= 11 is 0. The van der Waals surface area contributed by atoms with E-state index < -0.39 is 6.09 Å². The highest BCUT2D eigenvalue weighted by atomic mass is 16.7. The van der Waals surface area contributed by atoms with Crippen molar-refractivity contribution in [2.24, 2.45) is 0 Å². The molecule has 1 saturated heterocycles. The Hall–Kier alpha value is -2.57. The van der Waals surface area contributed by atoms with E-state index in [9.17, 15) is 4.79 Å². The number of hydrogen-bond acceptors (Lipinski definition) is 5. The maximum atomic E-state index is 12.4. The first kappa shape index (κ1) is 19.7. The molecular formula is C23H29N3O3. The molecule has 2 aliphatic rings. The molecule has 29 heavy (non-hydrogen) atoms. The number of ether oxygens (including phenoxy) is 1. The minimum atomic E-state index is -0.491. The summed E-state index contributed by atoms with van der Waals surface area (Å²) in [6.07, 6.45) is 0.429. The molecule has 4 rings (SSSR count). The lowest BCUT2D eigenvalue weighted by atomic mass is 9.79. The van der Waals surface area contributed by atoms with E-state index in [1.165, 1.54) is 5.56 Å². The second-order valence-corrected chi connectivity index (χ2v) is 8.56. The van der Waals surface area contributed by atoms with E-state index >= 15 is 0 Å². The second kappa shape index (κ2) is 7.35. The third-order valence-corrected chi connectivity index (χ3v) is 6.12. The fourth-order valence-corrected chi connectivity index (χ4v) is 4.29. The van der Waals surface area contributed by atoms with Gasteiger partial charge in [0.2, 0.25) is 0 Å². The van der Waals surface area contributed by atoms with E-state index in [0.29, 0.717) is 11.7 Å². The molecular weight excluding hydrogens is 366 g/mol. The number of anilines is 2. The van der Waals surface area contributed by atoms with Crippen molar-refractivity contribution in [1.82, 2.24) is 5.06 Å². The average Bonchev–Trinajstić information content (AvgIpc) is 2.90. The highest BCUT2D eigenvalue weighted by Crippen LogP contribution is 2.50. The molecule has 2 heterocycles. The Balaban J connectivity index is 1.49. The lowest BCUT2D eigenvalue weighted by molar-refractivity contribution is -0.226. The van der Waals surface area contributed by atoms with Crippen LogP contribution in [0.3, 0.4) is 0 Å². The molecule has 0 spiro atoms. The highest BCUT2D eigenvalue weighted by Gasteiger charge is 2.50. The van der Waals surface area contributed by atoms with Crippen molar-refractivity contribution >= 4 is 17.5 Å². The molecule has 1 amide bonds. The summed E-state index contributed by atoms with van der Waals surface area (Å²) in [4.78, 5) is 20.6. The van der Waals surface area contributed by atoms with Gasteiger partial charge in [-0.1, -0.05) is 32.9 Å². The van der Waals surface area contributed by atoms with Gasteiger partial charge in [-0.05, 0) is 53.8 Å². The van der Waals surface area contributed by atoms with Crippen LogP contribution in [0.2, 0.25) is 0 Å². The number of fused-ring (bicyclic) bond motifs is 3. The molecule has 2 aliphatic heterocycles. The third-order valence-electron chi connectivity index (χ3n) is 6.12. The molecule has 2 aromatic carbocycles. The molecule has 0 unspecified atom stereocenters. The fraction of sp³-hybridized carbons (Fsp3) is 0.435. The van der Waals surface area contributed by atoms with Crippen molar-refractivity contribution in [2.45, 2.75) is 44.8 Å². The van der Waals surface area contributed by atoms with Crippen LogP contribution in [-0.2, 0) is 10.3 Å². The van der Waals surface area contributed by atoms with Gasteiger partial charge in [-0.25, -0.2) is 4.79 Å². The van der Waals surface area contributed by atoms with Crippen LogP contribution < -0.4 is 15.0 Å². The summed E-state index contributed by atoms with van der Waals surface area (Å²) in [7, 11) is 4.00. The van der Waals surface area contributed by atoms with Gasteiger partial charge in [-0.3, -0.25) is 10.2 Å². The number of rotatable bonds is 3. The summed E-state index contributed by atoms with van der Waals surface area (Å²) in [6.45, 7) is 7.36. The van der Waals surface area contributed by atoms with Crippen molar-refractivity contribution in [3.05, 3.63) is 53.6 Å². The molecule has 6 nitrogen and oxygen atoms in total. The smallest absolute Gasteiger partial charge is 0.410 e. The third kappa shape index (κ3) is 3.58. The van der Waals surface area contributed by atoms with Crippen molar-refractivity contribution in [1.29, 1.82) is 0 Å².